The molecule has 0 fully saturated rings. The van der Waals surface area contributed by atoms with Crippen molar-refractivity contribution in [3.63, 3.8) is 0 Å². The second kappa shape index (κ2) is 21.1. The van der Waals surface area contributed by atoms with E-state index in [0.717, 1.165) is 66.8 Å². The molecular weight excluding hydrogens is 557 g/mol. The molecule has 1 rings (SSSR count). The zero-order chi connectivity index (χ0) is 29.9. The van der Waals surface area contributed by atoms with Crippen molar-refractivity contribution >= 4 is 37.4 Å². The van der Waals surface area contributed by atoms with Crippen molar-refractivity contribution in [1.82, 2.24) is 4.72 Å². The van der Waals surface area contributed by atoms with Crippen LogP contribution in [0, 0.1) is 0 Å². The normalized spacial score (nSPS) is 13.2. The number of carbonyl (C=O) groups excluding carboxylic acids is 1. The molecule has 0 saturated heterocycles. The Morgan fingerprint density at radius 2 is 1.50 bits per heavy atom. The van der Waals surface area contributed by atoms with E-state index in [1.54, 1.807) is 6.26 Å². The molecule has 0 saturated carbocycles. The minimum absolute atomic E-state index is 0.240. The van der Waals surface area contributed by atoms with Crippen LogP contribution in [-0.2, 0) is 26.0 Å². The van der Waals surface area contributed by atoms with Crippen LogP contribution in [0.5, 0.6) is 0 Å². The summed E-state index contributed by atoms with van der Waals surface area (Å²) in [5, 5.41) is 1.12. The monoisotopic (exact) mass is 617 g/mol. The van der Waals surface area contributed by atoms with Crippen molar-refractivity contribution < 1.29 is 22.4 Å². The van der Waals surface area contributed by atoms with E-state index in [1.807, 2.05) is 0 Å². The zero-order valence-electron chi connectivity index (χ0n) is 26.6. The number of sulfonamides is 1. The van der Waals surface area contributed by atoms with E-state index in [4.69, 9.17) is 9.15 Å². The maximum atomic E-state index is 13.3. The molecule has 1 unspecified atom stereocenters. The van der Waals surface area contributed by atoms with Gasteiger partial charge in [0.2, 0.25) is 15.5 Å². The van der Waals surface area contributed by atoms with E-state index in [1.165, 1.54) is 38.5 Å². The molecule has 0 aliphatic heterocycles. The third kappa shape index (κ3) is 13.5. The van der Waals surface area contributed by atoms with E-state index >= 15 is 0 Å². The molecule has 0 aliphatic carbocycles. The van der Waals surface area contributed by atoms with Gasteiger partial charge >= 0.3 is 5.97 Å². The van der Waals surface area contributed by atoms with Crippen molar-refractivity contribution in [3.8, 4) is 0 Å². The summed E-state index contributed by atoms with van der Waals surface area (Å²) in [6, 6.07) is 5.56. The predicted molar refractivity (Wildman–Crippen MR) is 175 cm³/mol. The summed E-state index contributed by atoms with van der Waals surface area (Å²) >= 11 is 0. The van der Waals surface area contributed by atoms with Crippen LogP contribution in [0.15, 0.2) is 16.7 Å². The Morgan fingerprint density at radius 1 is 0.925 bits per heavy atom. The van der Waals surface area contributed by atoms with Crippen molar-refractivity contribution in [2.24, 2.45) is 0 Å². The Bertz CT molecular complexity index is 891. The fourth-order valence-electron chi connectivity index (χ4n) is 5.38. The van der Waals surface area contributed by atoms with Crippen LogP contribution < -0.4 is 10.1 Å². The first-order valence-corrected chi connectivity index (χ1v) is 22.3. The summed E-state index contributed by atoms with van der Waals surface area (Å²) in [6.07, 6.45) is 16.4. The largest absolute Gasteiger partial charge is 0.474 e. The molecule has 234 valence electrons. The highest BCUT2D eigenvalue weighted by Gasteiger charge is 2.33. The molecule has 0 bridgehead atoms. The number of carbonyl (C=O) groups is 1. The molecule has 0 radical (unpaired) electrons. The predicted octanol–water partition coefficient (Wildman–Crippen LogP) is 8.16. The lowest BCUT2D eigenvalue weighted by atomic mass is 10.1. The van der Waals surface area contributed by atoms with Gasteiger partial charge in [0.1, 0.15) is 8.07 Å². The molecule has 9 heteroatoms. The SMILES string of the molecule is CCCCCCCCCCCC(=O)OC(CCP(CC)CC)S(=O)(=O)NCCc1coc([Si](CC)(CC)CC)c1. The highest BCUT2D eigenvalue weighted by molar-refractivity contribution is 7.90. The molecule has 0 aliphatic rings. The van der Waals surface area contributed by atoms with E-state index in [2.05, 4.69) is 52.3 Å². The van der Waals surface area contributed by atoms with E-state index in [-0.39, 0.29) is 20.9 Å². The topological polar surface area (TPSA) is 85.6 Å². The van der Waals surface area contributed by atoms with Crippen LogP contribution in [0.1, 0.15) is 118 Å². The molecule has 1 N–H and O–H groups in total. The lowest BCUT2D eigenvalue weighted by Crippen LogP contribution is -2.44. The Labute approximate surface area is 249 Å². The van der Waals surface area contributed by atoms with Crippen LogP contribution in [0.25, 0.3) is 0 Å². The van der Waals surface area contributed by atoms with Gasteiger partial charge in [0, 0.05) is 19.4 Å². The van der Waals surface area contributed by atoms with Gasteiger partial charge in [0.15, 0.2) is 0 Å². The highest BCUT2D eigenvalue weighted by Crippen LogP contribution is 2.36. The van der Waals surface area contributed by atoms with Crippen molar-refractivity contribution in [3.05, 3.63) is 17.9 Å². The smallest absolute Gasteiger partial charge is 0.307 e. The van der Waals surface area contributed by atoms with Gasteiger partial charge < -0.3 is 9.15 Å². The van der Waals surface area contributed by atoms with Gasteiger partial charge in [-0.3, -0.25) is 4.79 Å². The molecule has 0 amide bonds. The van der Waals surface area contributed by atoms with Gasteiger partial charge in [0.25, 0.3) is 0 Å². The Kier molecular flexibility index (Phi) is 19.7. The van der Waals surface area contributed by atoms with E-state index < -0.39 is 29.5 Å². The van der Waals surface area contributed by atoms with Crippen molar-refractivity contribution in [2.45, 2.75) is 142 Å². The lowest BCUT2D eigenvalue weighted by Gasteiger charge is -2.24. The fourth-order valence-corrected chi connectivity index (χ4v) is 11.8. The first kappa shape index (κ1) is 37.3. The van der Waals surface area contributed by atoms with Crippen LogP contribution in [0.3, 0.4) is 0 Å². The number of unbranched alkanes of at least 4 members (excludes halogenated alkanes) is 8. The van der Waals surface area contributed by atoms with Gasteiger partial charge in [-0.05, 0) is 43.0 Å². The second-order valence-corrected chi connectivity index (χ2v) is 21.3. The molecule has 1 aromatic rings. The van der Waals surface area contributed by atoms with Gasteiger partial charge in [0.05, 0.1) is 11.6 Å². The average Bonchev–Trinajstić information content (AvgIpc) is 3.42. The van der Waals surface area contributed by atoms with Crippen molar-refractivity contribution in [1.29, 1.82) is 0 Å². The molecular formula is C31H60NO5PSSi. The number of ether oxygens (including phenoxy) is 1. The third-order valence-electron chi connectivity index (χ3n) is 8.59. The zero-order valence-corrected chi connectivity index (χ0v) is 29.3. The molecule has 6 nitrogen and oxygen atoms in total. The fraction of sp³-hybridized carbons (Fsp3) is 0.839. The molecule has 0 aromatic carbocycles. The number of nitrogens with one attached hydrogen (secondary N) is 1. The summed E-state index contributed by atoms with van der Waals surface area (Å²) in [6.45, 7) is 13.5. The number of hydrogen-bond acceptors (Lipinski definition) is 5. The quantitative estimate of drug-likeness (QED) is 0.0518. The van der Waals surface area contributed by atoms with Gasteiger partial charge in [-0.15, -0.1) is 7.92 Å². The summed E-state index contributed by atoms with van der Waals surface area (Å²) < 4.78 is 40.9. The number of furan rings is 1. The molecule has 1 aromatic heterocycles. The van der Waals surface area contributed by atoms with Gasteiger partial charge in [-0.2, -0.15) is 0 Å². The first-order chi connectivity index (χ1) is 19.2. The first-order valence-electron chi connectivity index (χ1n) is 16.2. The highest BCUT2D eigenvalue weighted by atomic mass is 32.2. The van der Waals surface area contributed by atoms with Crippen molar-refractivity contribution in [2.75, 3.05) is 25.0 Å². The standard InChI is InChI=1S/C31H60NO5PSSi/c1-7-13-14-15-16-17-18-19-20-21-29(33)37-30(23-25-38(8-2)9-3)39(34,35)32-24-22-28-26-31(36-27-28)40(10-4,11-5)12-6/h26-27,30,32H,7-25H2,1-6H3. The minimum atomic E-state index is -3.79. The Balaban J connectivity index is 2.65. The number of hydrogen-bond donors (Lipinski definition) is 1. The summed E-state index contributed by atoms with van der Waals surface area (Å²) in [7, 11) is -5.63. The van der Waals surface area contributed by atoms with Gasteiger partial charge in [-0.25, -0.2) is 13.1 Å². The molecule has 1 heterocycles. The Morgan fingerprint density at radius 3 is 2.05 bits per heavy atom. The third-order valence-corrected chi connectivity index (χ3v) is 18.3. The average molecular weight is 618 g/mol. The van der Waals surface area contributed by atoms with Crippen LogP contribution >= 0.6 is 7.92 Å². The van der Waals surface area contributed by atoms with Crippen LogP contribution in [0.4, 0.5) is 0 Å². The van der Waals surface area contributed by atoms with E-state index in [0.29, 0.717) is 12.8 Å². The summed E-state index contributed by atoms with van der Waals surface area (Å²) in [5.41, 5.74) is -0.105. The second-order valence-electron chi connectivity index (χ2n) is 11.2. The molecule has 1 atom stereocenters. The lowest BCUT2D eigenvalue weighted by molar-refractivity contribution is -0.145. The molecule has 0 spiro atoms. The van der Waals surface area contributed by atoms with E-state index in [9.17, 15) is 13.2 Å². The minimum Gasteiger partial charge on any atom is -0.474 e. The van der Waals surface area contributed by atoms with Crippen LogP contribution in [0.2, 0.25) is 18.1 Å². The van der Waals surface area contributed by atoms with Gasteiger partial charge in [-0.1, -0.05) is 111 Å². The Hall–Kier alpha value is -0.693. The molecule has 40 heavy (non-hydrogen) atoms. The number of esters is 1. The maximum Gasteiger partial charge on any atom is 0.307 e. The van der Waals surface area contributed by atoms with Crippen LogP contribution in [-0.4, -0.2) is 52.9 Å². The summed E-state index contributed by atoms with van der Waals surface area (Å²) in [5.74, 6) is -0.393. The maximum absolute atomic E-state index is 13.3. The summed E-state index contributed by atoms with van der Waals surface area (Å²) in [4.78, 5) is 12.7. The number of rotatable bonds is 25.